The van der Waals surface area contributed by atoms with Crippen LogP contribution in [0.5, 0.6) is 0 Å². The molecule has 19 heavy (non-hydrogen) atoms. The van der Waals surface area contributed by atoms with Crippen LogP contribution in [0.3, 0.4) is 0 Å². The Balaban J connectivity index is 1.94. The Morgan fingerprint density at radius 1 is 1.21 bits per heavy atom. The second-order valence-corrected chi connectivity index (χ2v) is 4.75. The molecule has 0 spiro atoms. The lowest BCUT2D eigenvalue weighted by atomic mass is 10.2. The number of nitrogens with zero attached hydrogens (tertiary/aromatic N) is 3. The second-order valence-electron chi connectivity index (χ2n) is 3.95. The third-order valence-corrected chi connectivity index (χ3v) is 3.31. The van der Waals surface area contributed by atoms with Gasteiger partial charge in [-0.3, -0.25) is 4.98 Å². The van der Waals surface area contributed by atoms with Crippen molar-refractivity contribution in [3.8, 4) is 0 Å². The Labute approximate surface area is 121 Å². The fourth-order valence-electron chi connectivity index (χ4n) is 1.66. The van der Waals surface area contributed by atoms with Crippen molar-refractivity contribution in [2.45, 2.75) is 13.3 Å². The molecule has 2 aromatic heterocycles. The van der Waals surface area contributed by atoms with Gasteiger partial charge in [0.25, 0.3) is 0 Å². The summed E-state index contributed by atoms with van der Waals surface area (Å²) in [7, 11) is 0. The molecule has 0 aliphatic rings. The highest BCUT2D eigenvalue weighted by molar-refractivity contribution is 9.10. The second kappa shape index (κ2) is 7.04. The molecule has 0 unspecified atom stereocenters. The van der Waals surface area contributed by atoms with Gasteiger partial charge in [0.1, 0.15) is 22.4 Å². The van der Waals surface area contributed by atoms with Crippen molar-refractivity contribution in [1.82, 2.24) is 15.0 Å². The van der Waals surface area contributed by atoms with E-state index in [1.807, 2.05) is 19.2 Å². The fraction of sp³-hybridized carbons (Fsp3) is 0.308. The average Bonchev–Trinajstić information content (AvgIpc) is 2.44. The molecule has 0 radical (unpaired) electrons. The van der Waals surface area contributed by atoms with Crippen LogP contribution >= 0.6 is 15.9 Å². The van der Waals surface area contributed by atoms with Crippen molar-refractivity contribution in [1.29, 1.82) is 0 Å². The van der Waals surface area contributed by atoms with Gasteiger partial charge in [0.05, 0.1) is 0 Å². The largest absolute Gasteiger partial charge is 0.369 e. The Hall–Kier alpha value is -1.69. The lowest BCUT2D eigenvalue weighted by Crippen LogP contribution is -2.09. The van der Waals surface area contributed by atoms with E-state index in [9.17, 15) is 0 Å². The molecule has 0 aliphatic heterocycles. The molecule has 5 nitrogen and oxygen atoms in total. The van der Waals surface area contributed by atoms with Crippen molar-refractivity contribution in [3.63, 3.8) is 0 Å². The predicted molar refractivity (Wildman–Crippen MR) is 80.3 cm³/mol. The van der Waals surface area contributed by atoms with Gasteiger partial charge in [0.15, 0.2) is 0 Å². The molecule has 0 amide bonds. The van der Waals surface area contributed by atoms with Crippen LogP contribution in [-0.2, 0) is 6.42 Å². The monoisotopic (exact) mass is 321 g/mol. The summed E-state index contributed by atoms with van der Waals surface area (Å²) in [6.07, 6.45) is 6.11. The first-order chi connectivity index (χ1) is 9.31. The lowest BCUT2D eigenvalue weighted by Gasteiger charge is -2.10. The molecule has 100 valence electrons. The minimum absolute atomic E-state index is 0.798. The smallest absolute Gasteiger partial charge is 0.145 e. The van der Waals surface area contributed by atoms with Gasteiger partial charge in [-0.2, -0.15) is 0 Å². The van der Waals surface area contributed by atoms with Crippen LogP contribution in [0, 0.1) is 0 Å². The summed E-state index contributed by atoms with van der Waals surface area (Å²) in [6, 6.07) is 4.01. The summed E-state index contributed by atoms with van der Waals surface area (Å²) in [5, 5.41) is 6.47. The maximum Gasteiger partial charge on any atom is 0.145 e. The summed E-state index contributed by atoms with van der Waals surface area (Å²) in [5.74, 6) is 1.61. The molecule has 0 aromatic carbocycles. The Bertz CT molecular complexity index is 518. The number of halogens is 1. The first kappa shape index (κ1) is 13.7. The fourth-order valence-corrected chi connectivity index (χ4v) is 2.14. The van der Waals surface area contributed by atoms with Crippen LogP contribution in [0.2, 0.25) is 0 Å². The molecule has 2 rings (SSSR count). The van der Waals surface area contributed by atoms with Gasteiger partial charge in [-0.1, -0.05) is 6.07 Å². The van der Waals surface area contributed by atoms with Crippen LogP contribution in [-0.4, -0.2) is 28.0 Å². The van der Waals surface area contributed by atoms with Crippen LogP contribution in [0.1, 0.15) is 12.5 Å². The van der Waals surface area contributed by atoms with E-state index >= 15 is 0 Å². The summed E-state index contributed by atoms with van der Waals surface area (Å²) < 4.78 is 0.864. The molecule has 0 fully saturated rings. The van der Waals surface area contributed by atoms with Crippen molar-refractivity contribution < 1.29 is 0 Å². The Morgan fingerprint density at radius 2 is 2.00 bits per heavy atom. The third kappa shape index (κ3) is 3.89. The van der Waals surface area contributed by atoms with Gasteiger partial charge in [0.2, 0.25) is 0 Å². The maximum absolute atomic E-state index is 4.23. The van der Waals surface area contributed by atoms with E-state index < -0.39 is 0 Å². The van der Waals surface area contributed by atoms with E-state index in [1.54, 1.807) is 12.5 Å². The summed E-state index contributed by atoms with van der Waals surface area (Å²) in [5.41, 5.74) is 1.20. The third-order valence-electron chi connectivity index (χ3n) is 2.56. The van der Waals surface area contributed by atoms with Gasteiger partial charge in [-0.25, -0.2) is 9.97 Å². The van der Waals surface area contributed by atoms with E-state index in [-0.39, 0.29) is 0 Å². The number of hydrogen-bond donors (Lipinski definition) is 2. The topological polar surface area (TPSA) is 62.7 Å². The molecule has 2 aromatic rings. The van der Waals surface area contributed by atoms with Crippen molar-refractivity contribution in [3.05, 3.63) is 40.9 Å². The van der Waals surface area contributed by atoms with Gasteiger partial charge in [-0.05, 0) is 40.9 Å². The first-order valence-corrected chi connectivity index (χ1v) is 6.97. The molecular formula is C13H16BrN5. The van der Waals surface area contributed by atoms with Gasteiger partial charge in [-0.15, -0.1) is 0 Å². The van der Waals surface area contributed by atoms with Crippen LogP contribution in [0.4, 0.5) is 11.6 Å². The van der Waals surface area contributed by atoms with Gasteiger partial charge < -0.3 is 10.6 Å². The minimum atomic E-state index is 0.798. The lowest BCUT2D eigenvalue weighted by molar-refractivity contribution is 0.983. The number of anilines is 2. The first-order valence-electron chi connectivity index (χ1n) is 6.18. The molecule has 0 saturated heterocycles. The highest BCUT2D eigenvalue weighted by atomic mass is 79.9. The predicted octanol–water partition coefficient (Wildman–Crippen LogP) is 2.72. The summed E-state index contributed by atoms with van der Waals surface area (Å²) >= 11 is 3.51. The van der Waals surface area contributed by atoms with Crippen LogP contribution in [0.15, 0.2) is 35.3 Å². The zero-order chi connectivity index (χ0) is 13.5. The summed E-state index contributed by atoms with van der Waals surface area (Å²) in [4.78, 5) is 12.5. The molecule has 0 atom stereocenters. The van der Waals surface area contributed by atoms with Gasteiger partial charge >= 0.3 is 0 Å². The van der Waals surface area contributed by atoms with E-state index in [2.05, 4.69) is 47.6 Å². The molecular weight excluding hydrogens is 306 g/mol. The quantitative estimate of drug-likeness (QED) is 0.856. The van der Waals surface area contributed by atoms with Gasteiger partial charge in [0, 0.05) is 25.5 Å². The zero-order valence-electron chi connectivity index (χ0n) is 10.7. The molecule has 0 aliphatic carbocycles. The van der Waals surface area contributed by atoms with E-state index in [0.29, 0.717) is 0 Å². The maximum atomic E-state index is 4.23. The highest BCUT2D eigenvalue weighted by Crippen LogP contribution is 2.26. The minimum Gasteiger partial charge on any atom is -0.369 e. The van der Waals surface area contributed by atoms with Crippen molar-refractivity contribution in [2.75, 3.05) is 23.7 Å². The van der Waals surface area contributed by atoms with Crippen LogP contribution in [0.25, 0.3) is 0 Å². The molecule has 2 heterocycles. The average molecular weight is 322 g/mol. The molecule has 0 saturated carbocycles. The highest BCUT2D eigenvalue weighted by Gasteiger charge is 2.07. The van der Waals surface area contributed by atoms with Crippen molar-refractivity contribution >= 4 is 27.6 Å². The molecule has 6 heteroatoms. The number of rotatable bonds is 6. The Kier molecular flexibility index (Phi) is 5.09. The summed E-state index contributed by atoms with van der Waals surface area (Å²) in [6.45, 7) is 3.65. The van der Waals surface area contributed by atoms with Crippen molar-refractivity contribution in [2.24, 2.45) is 0 Å². The number of nitrogens with one attached hydrogen (secondary N) is 2. The normalized spacial score (nSPS) is 10.2. The molecule has 0 bridgehead atoms. The molecule has 2 N–H and O–H groups in total. The Morgan fingerprint density at radius 3 is 2.68 bits per heavy atom. The van der Waals surface area contributed by atoms with E-state index in [4.69, 9.17) is 0 Å². The van der Waals surface area contributed by atoms with E-state index in [0.717, 1.165) is 35.6 Å². The number of hydrogen-bond acceptors (Lipinski definition) is 5. The van der Waals surface area contributed by atoms with E-state index in [1.165, 1.54) is 5.56 Å². The van der Waals surface area contributed by atoms with Crippen LogP contribution < -0.4 is 10.6 Å². The number of aromatic nitrogens is 3. The zero-order valence-corrected chi connectivity index (χ0v) is 12.3. The SMILES string of the molecule is CCNc1ncnc(NCCc2cccnc2)c1Br. The number of pyridine rings is 1. The standard InChI is InChI=1S/C13H16BrN5/c1-2-16-12-11(14)13(19-9-18-12)17-7-5-10-4-3-6-15-8-10/h3-4,6,8-9H,2,5,7H2,1H3,(H2,16,17,18,19).